The number of benzene rings is 1. The van der Waals surface area contributed by atoms with Gasteiger partial charge in [0.1, 0.15) is 23.7 Å². The fraction of sp³-hybridized carbons (Fsp3) is 0.673. The van der Waals surface area contributed by atoms with Crippen molar-refractivity contribution >= 4 is 41.8 Å². The van der Waals surface area contributed by atoms with Gasteiger partial charge in [-0.1, -0.05) is 62.8 Å². The van der Waals surface area contributed by atoms with Crippen molar-refractivity contribution in [3.63, 3.8) is 0 Å². The van der Waals surface area contributed by atoms with E-state index in [1.165, 1.54) is 19.6 Å². The molecule has 26 heteroatoms. The summed E-state index contributed by atoms with van der Waals surface area (Å²) in [6.07, 6.45) is 13.7. The van der Waals surface area contributed by atoms with E-state index in [1.807, 2.05) is 4.90 Å². The number of carbonyl (C=O) groups is 6. The maximum absolute atomic E-state index is 12.4. The van der Waals surface area contributed by atoms with E-state index in [2.05, 4.69) is 76.5 Å². The van der Waals surface area contributed by atoms with Crippen molar-refractivity contribution in [1.82, 2.24) is 50.5 Å². The third-order valence-electron chi connectivity index (χ3n) is 14.5. The molecule has 462 valence electrons. The summed E-state index contributed by atoms with van der Waals surface area (Å²) >= 11 is 0. The summed E-state index contributed by atoms with van der Waals surface area (Å²) in [4.78, 5) is 105. The van der Waals surface area contributed by atoms with Gasteiger partial charge in [0.15, 0.2) is 0 Å². The summed E-state index contributed by atoms with van der Waals surface area (Å²) in [5.41, 5.74) is 2.14. The second-order valence-corrected chi connectivity index (χ2v) is 20.7. The molecule has 25 nitrogen and oxygen atoms in total. The van der Waals surface area contributed by atoms with Gasteiger partial charge in [-0.05, 0) is 75.3 Å². The van der Waals surface area contributed by atoms with E-state index >= 15 is 0 Å². The maximum Gasteiger partial charge on any atom is 3.00 e. The number of carbonyl (C=O) groups excluding carboxylic acids is 2. The number of anilines is 1. The zero-order chi connectivity index (χ0) is 57.9. The molecule has 3 amide bonds. The number of nitrogens with one attached hydrogen (secondary N) is 3. The number of hydrogen-bond donors (Lipinski definition) is 9. The van der Waals surface area contributed by atoms with Gasteiger partial charge in [0.05, 0.1) is 6.54 Å². The maximum atomic E-state index is 12.4. The van der Waals surface area contributed by atoms with E-state index < -0.39 is 48.4 Å². The van der Waals surface area contributed by atoms with Crippen LogP contribution in [0.25, 0.3) is 0 Å². The van der Waals surface area contributed by atoms with Crippen LogP contribution in [-0.4, -0.2) is 211 Å². The Morgan fingerprint density at radius 2 is 1.19 bits per heavy atom. The summed E-state index contributed by atoms with van der Waals surface area (Å²) in [5, 5.41) is 62.8. The Hall–Kier alpha value is -4.44. The van der Waals surface area contributed by atoms with E-state index in [0.717, 1.165) is 112 Å². The van der Waals surface area contributed by atoms with Crippen molar-refractivity contribution in [3.8, 4) is 0 Å². The molecule has 2 fully saturated rings. The summed E-state index contributed by atoms with van der Waals surface area (Å²) in [6.45, 7) is 14.4. The third-order valence-corrected chi connectivity index (χ3v) is 14.5. The number of hydrogen-bond acceptors (Lipinski definition) is 18. The van der Waals surface area contributed by atoms with Crippen LogP contribution in [0.1, 0.15) is 132 Å². The smallest absolute Gasteiger partial charge is 0.481 e. The Morgan fingerprint density at radius 1 is 0.630 bits per heavy atom. The van der Waals surface area contributed by atoms with Crippen LogP contribution < -0.4 is 20.9 Å². The molecule has 0 saturated carbocycles. The Bertz CT molecular complexity index is 2150. The number of amides is 3. The molecule has 2 aliphatic rings. The molecule has 1 unspecified atom stereocenters. The number of carboxylic acid groups (broad SMARTS) is 4. The molecule has 1 aromatic heterocycles. The van der Waals surface area contributed by atoms with Crippen molar-refractivity contribution < 1.29 is 106 Å². The van der Waals surface area contributed by atoms with Crippen LogP contribution in [0.4, 0.5) is 10.7 Å². The quantitative estimate of drug-likeness (QED) is 0.0198. The third kappa shape index (κ3) is 30.1. The van der Waals surface area contributed by atoms with Crippen LogP contribution in [-0.2, 0) is 53.0 Å². The number of urea groups is 1. The minimum atomic E-state index is -1.48. The normalized spacial score (nSPS) is 17.0. The number of carboxylic acids is 4. The summed E-state index contributed by atoms with van der Waals surface area (Å²) in [7, 11) is 0. The summed E-state index contributed by atoms with van der Waals surface area (Å²) in [6, 6.07) is 4.48. The molecule has 2 saturated heterocycles. The number of piperidine rings is 1. The van der Waals surface area contributed by atoms with Crippen LogP contribution in [0.5, 0.6) is 0 Å². The van der Waals surface area contributed by atoms with Gasteiger partial charge in [-0.3, -0.25) is 29.8 Å². The van der Waals surface area contributed by atoms with Crippen LogP contribution in [0, 0.1) is 57.0 Å². The molecule has 9 N–H and O–H groups in total. The van der Waals surface area contributed by atoms with Gasteiger partial charge in [-0.25, -0.2) is 19.4 Å². The van der Waals surface area contributed by atoms with Crippen LogP contribution in [0.3, 0.4) is 0 Å². The number of nitrogens with zero attached hydrogens (tertiary/aromatic N) is 8. The minimum Gasteiger partial charge on any atom is -0.481 e. The first-order chi connectivity index (χ1) is 38.6. The fourth-order valence-corrected chi connectivity index (χ4v) is 9.86. The van der Waals surface area contributed by atoms with Crippen molar-refractivity contribution in [1.29, 1.82) is 0 Å². The molecular weight excluding hydrogens is 1210 g/mol. The molecule has 0 radical (unpaired) electrons. The Labute approximate surface area is 505 Å². The topological polar surface area (TPSA) is 333 Å². The van der Waals surface area contributed by atoms with Crippen LogP contribution >= 0.6 is 0 Å². The largest absolute Gasteiger partial charge is 3.00 e. The monoisotopic (exact) mass is 1300 g/mol. The zero-order valence-corrected chi connectivity index (χ0v) is 48.4. The molecule has 3 heterocycles. The van der Waals surface area contributed by atoms with Crippen LogP contribution in [0.15, 0.2) is 24.3 Å². The zero-order valence-electron chi connectivity index (χ0n) is 46.7. The number of aryl methyl sites for hydroxylation is 1. The number of unbranched alkanes of at least 4 members (excludes halogenated alkanes) is 8. The van der Waals surface area contributed by atoms with Gasteiger partial charge in [0.2, 0.25) is 11.9 Å². The molecule has 0 bridgehead atoms. The SMILES string of the molecule is [CH2-]CN1CCN(C[CH-]OO)CCN(C[CH-]OO)CCN(CC(=O)O)C(Cc2ccc(Cc3nc(CCCCCCCCCCC(=O)NCCCC[C@H](NC(=O)N[C@@H](CCC(=O)O)C(=O)O)C(=O)O)nc(N4CCCCC4)n3)cc2)C1.[Lu+3]. The first kappa shape index (κ1) is 70.8. The summed E-state index contributed by atoms with van der Waals surface area (Å²) < 4.78 is 0. The Kier molecular flexibility index (Phi) is 36.3. The van der Waals surface area contributed by atoms with Gasteiger partial charge in [0.25, 0.3) is 0 Å². The minimum absolute atomic E-state index is 0. The van der Waals surface area contributed by atoms with Gasteiger partial charge in [-0.15, -0.1) is 19.6 Å². The van der Waals surface area contributed by atoms with E-state index in [4.69, 9.17) is 30.6 Å². The average Bonchev–Trinajstić information content (AvgIpc) is 3.45. The molecule has 81 heavy (non-hydrogen) atoms. The second kappa shape index (κ2) is 41.5. The number of aliphatic carboxylic acids is 4. The Balaban J connectivity index is 0.0000172. The average molecular weight is 1300 g/mol. The molecule has 3 atom stereocenters. The number of rotatable bonds is 37. The summed E-state index contributed by atoms with van der Waals surface area (Å²) in [5.74, 6) is -2.68. The molecular formula is C55H88LuN11O14. The predicted molar refractivity (Wildman–Crippen MR) is 296 cm³/mol. The van der Waals surface area contributed by atoms with Crippen molar-refractivity contribution in [2.45, 2.75) is 147 Å². The molecule has 1 aromatic carbocycles. The molecule has 0 aliphatic carbocycles. The molecule has 2 aromatic rings. The van der Waals surface area contributed by atoms with Gasteiger partial charge >= 0.3 is 66.8 Å². The molecule has 2 aliphatic heterocycles. The van der Waals surface area contributed by atoms with E-state index in [9.17, 15) is 44.1 Å². The van der Waals surface area contributed by atoms with Crippen LogP contribution in [0.2, 0.25) is 0 Å². The first-order valence-corrected chi connectivity index (χ1v) is 28.4. The van der Waals surface area contributed by atoms with E-state index in [1.54, 1.807) is 0 Å². The van der Waals surface area contributed by atoms with Crippen molar-refractivity contribution in [2.24, 2.45) is 0 Å². The predicted octanol–water partition coefficient (Wildman–Crippen LogP) is 4.22. The second-order valence-electron chi connectivity index (χ2n) is 20.7. The van der Waals surface area contributed by atoms with Gasteiger partial charge in [-0.2, -0.15) is 23.2 Å². The standard InChI is InChI=1S/C55H88N11O14.Lu/c1-2-62-28-29-63(34-36-79-77)30-31-64(35-37-80-78)32-33-66(41-51(70)71)44(40-62)38-42-19-21-43(22-20-42)39-48-59-47(60-54(61-48)65-26-14-9-15-27-65)17-10-7-5-3-4-6-8-11-18-49(67)56-25-13-12-16-45(52(72)73)57-55(76)58-46(53(74)75)23-24-50(68)69;/h19-22,36-37,44-46,77-78H,1-18,23-35,38-41H2,(H,56,67)(H,68,69)(H,70,71)(H,72,73)(H,74,75)(H2,57,58,76);/q-3;+3/t44?,45-,46-;/m0./s1. The van der Waals surface area contributed by atoms with E-state index in [-0.39, 0.29) is 68.2 Å². The molecule has 0 spiro atoms. The van der Waals surface area contributed by atoms with Gasteiger partial charge < -0.3 is 72.7 Å². The Morgan fingerprint density at radius 3 is 1.77 bits per heavy atom. The number of aromatic nitrogens is 3. The molecule has 4 rings (SSSR count). The van der Waals surface area contributed by atoms with E-state index in [0.29, 0.717) is 104 Å². The van der Waals surface area contributed by atoms with Gasteiger partial charge in [0, 0.05) is 97.2 Å². The van der Waals surface area contributed by atoms with Crippen molar-refractivity contribution in [2.75, 3.05) is 96.5 Å². The fourth-order valence-electron chi connectivity index (χ4n) is 9.86. The first-order valence-electron chi connectivity index (χ1n) is 28.4. The van der Waals surface area contributed by atoms with Crippen molar-refractivity contribution in [3.05, 3.63) is 67.2 Å².